The largest absolute Gasteiger partial charge is 0.490 e. The SMILES string of the molecule is CCCc1c(CN)sc2cc3c(cc12)OCCCO3. The summed E-state index contributed by atoms with van der Waals surface area (Å²) in [4.78, 5) is 1.29. The van der Waals surface area contributed by atoms with E-state index in [1.807, 2.05) is 0 Å². The van der Waals surface area contributed by atoms with E-state index in [0.717, 1.165) is 44.0 Å². The Bertz CT molecular complexity index is 591. The summed E-state index contributed by atoms with van der Waals surface area (Å²) in [6.07, 6.45) is 3.15. The van der Waals surface area contributed by atoms with Crippen molar-refractivity contribution in [2.45, 2.75) is 32.7 Å². The molecule has 0 bridgehead atoms. The maximum atomic E-state index is 5.87. The molecule has 0 amide bonds. The number of hydrogen-bond acceptors (Lipinski definition) is 4. The number of ether oxygens (including phenoxy) is 2. The highest BCUT2D eigenvalue weighted by Crippen LogP contribution is 2.40. The fraction of sp³-hybridized carbons (Fsp3) is 0.467. The first-order chi connectivity index (χ1) is 9.33. The summed E-state index contributed by atoms with van der Waals surface area (Å²) in [6.45, 7) is 4.28. The molecule has 3 nitrogen and oxygen atoms in total. The molecule has 2 aromatic rings. The van der Waals surface area contributed by atoms with Crippen LogP contribution in [0.5, 0.6) is 11.5 Å². The first kappa shape index (κ1) is 12.8. The van der Waals surface area contributed by atoms with Crippen LogP contribution in [0.25, 0.3) is 10.1 Å². The zero-order valence-corrected chi connectivity index (χ0v) is 12.0. The van der Waals surface area contributed by atoms with E-state index in [1.54, 1.807) is 11.3 Å². The Morgan fingerprint density at radius 3 is 2.63 bits per heavy atom. The lowest BCUT2D eigenvalue weighted by molar-refractivity contribution is 0.297. The zero-order valence-electron chi connectivity index (χ0n) is 11.2. The molecule has 19 heavy (non-hydrogen) atoms. The van der Waals surface area contributed by atoms with Gasteiger partial charge in [-0.3, -0.25) is 0 Å². The number of thiophene rings is 1. The first-order valence-corrected chi connectivity index (χ1v) is 7.69. The minimum Gasteiger partial charge on any atom is -0.490 e. The van der Waals surface area contributed by atoms with Crippen molar-refractivity contribution in [3.05, 3.63) is 22.6 Å². The van der Waals surface area contributed by atoms with Gasteiger partial charge in [0.05, 0.1) is 13.2 Å². The van der Waals surface area contributed by atoms with Crippen molar-refractivity contribution in [1.82, 2.24) is 0 Å². The third kappa shape index (κ3) is 2.30. The van der Waals surface area contributed by atoms with Crippen LogP contribution in [0, 0.1) is 0 Å². The van der Waals surface area contributed by atoms with Crippen LogP contribution in [0.15, 0.2) is 12.1 Å². The van der Waals surface area contributed by atoms with E-state index >= 15 is 0 Å². The smallest absolute Gasteiger partial charge is 0.162 e. The number of fused-ring (bicyclic) bond motifs is 2. The minimum absolute atomic E-state index is 0.612. The Morgan fingerprint density at radius 2 is 1.95 bits per heavy atom. The molecule has 3 rings (SSSR count). The van der Waals surface area contributed by atoms with Gasteiger partial charge in [0, 0.05) is 28.6 Å². The molecule has 0 saturated heterocycles. The molecule has 102 valence electrons. The lowest BCUT2D eigenvalue weighted by atomic mass is 10.1. The molecule has 2 heterocycles. The molecular weight excluding hydrogens is 258 g/mol. The number of aryl methyl sites for hydroxylation is 1. The summed E-state index contributed by atoms with van der Waals surface area (Å²) in [7, 11) is 0. The second-order valence-electron chi connectivity index (χ2n) is 4.80. The molecule has 1 aromatic carbocycles. The molecule has 0 saturated carbocycles. The maximum Gasteiger partial charge on any atom is 0.162 e. The van der Waals surface area contributed by atoms with Crippen LogP contribution >= 0.6 is 11.3 Å². The van der Waals surface area contributed by atoms with Crippen molar-refractivity contribution < 1.29 is 9.47 Å². The maximum absolute atomic E-state index is 5.87. The molecule has 0 spiro atoms. The van der Waals surface area contributed by atoms with E-state index in [4.69, 9.17) is 15.2 Å². The van der Waals surface area contributed by atoms with E-state index in [0.29, 0.717) is 6.54 Å². The fourth-order valence-electron chi connectivity index (χ4n) is 2.54. The average Bonchev–Trinajstić information content (AvgIpc) is 2.60. The highest BCUT2D eigenvalue weighted by molar-refractivity contribution is 7.19. The minimum atomic E-state index is 0.612. The van der Waals surface area contributed by atoms with Crippen LogP contribution < -0.4 is 15.2 Å². The fourth-order valence-corrected chi connectivity index (χ4v) is 3.69. The summed E-state index contributed by atoms with van der Waals surface area (Å²) in [5, 5.41) is 1.29. The second kappa shape index (κ2) is 5.39. The highest BCUT2D eigenvalue weighted by atomic mass is 32.1. The molecule has 0 aliphatic carbocycles. The molecule has 1 aromatic heterocycles. The summed E-state index contributed by atoms with van der Waals surface area (Å²) >= 11 is 1.78. The number of hydrogen-bond donors (Lipinski definition) is 1. The Hall–Kier alpha value is -1.26. The van der Waals surface area contributed by atoms with Gasteiger partial charge in [-0.25, -0.2) is 0 Å². The van der Waals surface area contributed by atoms with Gasteiger partial charge in [-0.1, -0.05) is 13.3 Å². The van der Waals surface area contributed by atoms with E-state index < -0.39 is 0 Å². The van der Waals surface area contributed by atoms with Gasteiger partial charge in [0.15, 0.2) is 11.5 Å². The van der Waals surface area contributed by atoms with Crippen molar-refractivity contribution >= 4 is 21.4 Å². The third-order valence-corrected chi connectivity index (χ3v) is 4.65. The van der Waals surface area contributed by atoms with Gasteiger partial charge in [0.2, 0.25) is 0 Å². The van der Waals surface area contributed by atoms with Crippen LogP contribution in [-0.2, 0) is 13.0 Å². The van der Waals surface area contributed by atoms with Gasteiger partial charge in [-0.05, 0) is 23.4 Å². The third-order valence-electron chi connectivity index (χ3n) is 3.43. The number of benzene rings is 1. The Kier molecular flexibility index (Phi) is 3.62. The molecule has 0 unspecified atom stereocenters. The second-order valence-corrected chi connectivity index (χ2v) is 5.94. The van der Waals surface area contributed by atoms with Crippen molar-refractivity contribution in [2.24, 2.45) is 5.73 Å². The van der Waals surface area contributed by atoms with Gasteiger partial charge >= 0.3 is 0 Å². The molecule has 1 aliphatic rings. The van der Waals surface area contributed by atoms with Crippen LogP contribution in [0.3, 0.4) is 0 Å². The van der Waals surface area contributed by atoms with Gasteiger partial charge in [-0.2, -0.15) is 0 Å². The summed E-state index contributed by atoms with van der Waals surface area (Å²) in [5.74, 6) is 1.75. The van der Waals surface area contributed by atoms with Gasteiger partial charge < -0.3 is 15.2 Å². The van der Waals surface area contributed by atoms with Crippen LogP contribution in [0.1, 0.15) is 30.2 Å². The topological polar surface area (TPSA) is 44.5 Å². The van der Waals surface area contributed by atoms with Gasteiger partial charge in [0.1, 0.15) is 0 Å². The van der Waals surface area contributed by atoms with Crippen molar-refractivity contribution in [3.8, 4) is 11.5 Å². The monoisotopic (exact) mass is 277 g/mol. The standard InChI is InChI=1S/C15H19NO2S/c1-2-4-10-11-7-12-13(18-6-3-5-17-12)8-14(11)19-15(10)9-16/h7-8H,2-6,9,16H2,1H3. The average molecular weight is 277 g/mol. The van der Waals surface area contributed by atoms with Crippen molar-refractivity contribution in [2.75, 3.05) is 13.2 Å². The lowest BCUT2D eigenvalue weighted by Crippen LogP contribution is -1.98. The quantitative estimate of drug-likeness (QED) is 0.934. The molecular formula is C15H19NO2S. The van der Waals surface area contributed by atoms with Gasteiger partial charge in [0.25, 0.3) is 0 Å². The van der Waals surface area contributed by atoms with E-state index in [2.05, 4.69) is 19.1 Å². The zero-order chi connectivity index (χ0) is 13.2. The Morgan fingerprint density at radius 1 is 1.21 bits per heavy atom. The van der Waals surface area contributed by atoms with Crippen LogP contribution in [-0.4, -0.2) is 13.2 Å². The predicted octanol–water partition coefficient (Wildman–Crippen LogP) is 3.47. The van der Waals surface area contributed by atoms with E-state index in [-0.39, 0.29) is 0 Å². The highest BCUT2D eigenvalue weighted by Gasteiger charge is 2.16. The van der Waals surface area contributed by atoms with Crippen LogP contribution in [0.2, 0.25) is 0 Å². The first-order valence-electron chi connectivity index (χ1n) is 6.87. The molecule has 2 N–H and O–H groups in total. The van der Waals surface area contributed by atoms with Crippen LogP contribution in [0.4, 0.5) is 0 Å². The number of rotatable bonds is 3. The molecule has 0 fully saturated rings. The van der Waals surface area contributed by atoms with E-state index in [9.17, 15) is 0 Å². The summed E-state index contributed by atoms with van der Waals surface area (Å²) in [6, 6.07) is 4.25. The Balaban J connectivity index is 2.16. The molecule has 0 radical (unpaired) electrons. The molecule has 1 aliphatic heterocycles. The molecule has 0 atom stereocenters. The van der Waals surface area contributed by atoms with Crippen molar-refractivity contribution in [1.29, 1.82) is 0 Å². The van der Waals surface area contributed by atoms with Gasteiger partial charge in [-0.15, -0.1) is 11.3 Å². The summed E-state index contributed by atoms with van der Waals surface area (Å²) in [5.41, 5.74) is 7.26. The number of nitrogens with two attached hydrogens (primary N) is 1. The Labute approximate surface area is 117 Å². The predicted molar refractivity (Wildman–Crippen MR) is 79.3 cm³/mol. The normalized spacial score (nSPS) is 14.6. The lowest BCUT2D eigenvalue weighted by Gasteiger charge is -2.08. The molecule has 4 heteroatoms. The van der Waals surface area contributed by atoms with E-state index in [1.165, 1.54) is 20.5 Å². The van der Waals surface area contributed by atoms with Crippen molar-refractivity contribution in [3.63, 3.8) is 0 Å². The summed E-state index contributed by atoms with van der Waals surface area (Å²) < 4.78 is 12.8.